The van der Waals surface area contributed by atoms with Gasteiger partial charge >= 0.3 is 0 Å². The highest BCUT2D eigenvalue weighted by atomic mass is 16.6. The van der Waals surface area contributed by atoms with Gasteiger partial charge in [-0.25, -0.2) is 4.98 Å². The number of hydrogen-bond donors (Lipinski definition) is 1. The first-order valence-electron chi connectivity index (χ1n) is 8.67. The van der Waals surface area contributed by atoms with Gasteiger partial charge in [-0.15, -0.1) is 0 Å². The quantitative estimate of drug-likeness (QED) is 0.916. The molecule has 1 aromatic carbocycles. The zero-order chi connectivity index (χ0) is 16.2. The molecule has 126 valence electrons. The molecule has 1 atom stereocenters. The Bertz CT molecular complexity index is 669. The van der Waals surface area contributed by atoms with Gasteiger partial charge in [-0.05, 0) is 36.6 Å². The molecule has 0 spiro atoms. The molecule has 4 rings (SSSR count). The summed E-state index contributed by atoms with van der Waals surface area (Å²) in [5.41, 5.74) is 1.19. The third-order valence-electron chi connectivity index (χ3n) is 4.51. The van der Waals surface area contributed by atoms with E-state index in [4.69, 9.17) is 9.47 Å². The number of anilines is 1. The van der Waals surface area contributed by atoms with E-state index in [1.807, 2.05) is 30.5 Å². The minimum Gasteiger partial charge on any atom is -0.486 e. The molecule has 24 heavy (non-hydrogen) atoms. The molecule has 0 amide bonds. The van der Waals surface area contributed by atoms with Crippen LogP contribution in [0.25, 0.3) is 0 Å². The predicted molar refractivity (Wildman–Crippen MR) is 93.7 cm³/mol. The fourth-order valence-corrected chi connectivity index (χ4v) is 3.20. The number of aromatic nitrogens is 1. The van der Waals surface area contributed by atoms with Crippen LogP contribution in [0.4, 0.5) is 5.82 Å². The Kier molecular flexibility index (Phi) is 4.51. The summed E-state index contributed by atoms with van der Waals surface area (Å²) >= 11 is 0. The van der Waals surface area contributed by atoms with Gasteiger partial charge in [0.15, 0.2) is 11.5 Å². The van der Waals surface area contributed by atoms with E-state index in [9.17, 15) is 0 Å². The molecule has 1 saturated heterocycles. The van der Waals surface area contributed by atoms with Crippen molar-refractivity contribution in [2.75, 3.05) is 31.1 Å². The first kappa shape index (κ1) is 15.3. The van der Waals surface area contributed by atoms with Gasteiger partial charge in [0.1, 0.15) is 18.5 Å². The Hall–Kier alpha value is -2.27. The Morgan fingerprint density at radius 3 is 2.71 bits per heavy atom. The summed E-state index contributed by atoms with van der Waals surface area (Å²) in [6.45, 7) is 4.38. The van der Waals surface area contributed by atoms with E-state index >= 15 is 0 Å². The highest BCUT2D eigenvalue weighted by Gasteiger charge is 2.20. The van der Waals surface area contributed by atoms with Gasteiger partial charge in [0, 0.05) is 32.4 Å². The van der Waals surface area contributed by atoms with Crippen molar-refractivity contribution in [3.63, 3.8) is 0 Å². The van der Waals surface area contributed by atoms with Crippen LogP contribution in [0.1, 0.15) is 18.4 Å². The van der Waals surface area contributed by atoms with Gasteiger partial charge in [0.05, 0.1) is 0 Å². The molecule has 0 saturated carbocycles. The Labute approximate surface area is 142 Å². The van der Waals surface area contributed by atoms with Crippen LogP contribution in [0, 0.1) is 0 Å². The number of ether oxygens (including phenoxy) is 2. The molecular weight excluding hydrogens is 302 g/mol. The maximum atomic E-state index is 5.95. The van der Waals surface area contributed by atoms with Crippen LogP contribution < -0.4 is 19.7 Å². The van der Waals surface area contributed by atoms with Gasteiger partial charge in [0.25, 0.3) is 0 Å². The molecule has 1 fully saturated rings. The second kappa shape index (κ2) is 7.09. The molecule has 2 aliphatic rings. The van der Waals surface area contributed by atoms with Crippen LogP contribution >= 0.6 is 0 Å². The molecule has 1 aromatic heterocycles. The van der Waals surface area contributed by atoms with E-state index in [1.165, 1.54) is 18.4 Å². The third-order valence-corrected chi connectivity index (χ3v) is 4.51. The van der Waals surface area contributed by atoms with Crippen LogP contribution in [0.3, 0.4) is 0 Å². The lowest BCUT2D eigenvalue weighted by molar-refractivity contribution is 0.0902. The molecule has 0 aliphatic carbocycles. The van der Waals surface area contributed by atoms with E-state index in [1.54, 1.807) is 0 Å². The van der Waals surface area contributed by atoms with Crippen molar-refractivity contribution in [1.82, 2.24) is 10.3 Å². The number of benzene rings is 1. The summed E-state index contributed by atoms with van der Waals surface area (Å²) in [7, 11) is 0. The zero-order valence-electron chi connectivity index (χ0n) is 13.8. The zero-order valence-corrected chi connectivity index (χ0v) is 13.8. The van der Waals surface area contributed by atoms with Crippen molar-refractivity contribution in [2.45, 2.75) is 25.5 Å². The van der Waals surface area contributed by atoms with Crippen LogP contribution in [0.2, 0.25) is 0 Å². The fraction of sp³-hybridized carbons (Fsp3) is 0.421. The average Bonchev–Trinajstić information content (AvgIpc) is 3.17. The van der Waals surface area contributed by atoms with Gasteiger partial charge in [0.2, 0.25) is 0 Å². The topological polar surface area (TPSA) is 46.6 Å². The van der Waals surface area contributed by atoms with E-state index in [2.05, 4.69) is 27.3 Å². The highest BCUT2D eigenvalue weighted by molar-refractivity contribution is 5.41. The normalized spacial score (nSPS) is 19.5. The minimum absolute atomic E-state index is 0.0386. The number of fused-ring (bicyclic) bond motifs is 1. The summed E-state index contributed by atoms with van der Waals surface area (Å²) in [4.78, 5) is 6.93. The van der Waals surface area contributed by atoms with E-state index in [0.717, 1.165) is 43.5 Å². The van der Waals surface area contributed by atoms with Crippen LogP contribution in [0.15, 0.2) is 42.6 Å². The fourth-order valence-electron chi connectivity index (χ4n) is 3.20. The first-order valence-corrected chi connectivity index (χ1v) is 8.67. The standard InChI is InChI=1S/C19H23N3O2/c1-2-6-18-17(5-1)23-14-16(24-18)13-20-11-15-7-8-19(21-12-15)22-9-3-4-10-22/h1-2,5-8,12,16,20H,3-4,9-11,13-14H2. The van der Waals surface area contributed by atoms with Crippen molar-refractivity contribution in [1.29, 1.82) is 0 Å². The van der Waals surface area contributed by atoms with Crippen molar-refractivity contribution < 1.29 is 9.47 Å². The number of para-hydroxylation sites is 2. The van der Waals surface area contributed by atoms with Crippen molar-refractivity contribution in [3.8, 4) is 11.5 Å². The van der Waals surface area contributed by atoms with Crippen molar-refractivity contribution in [3.05, 3.63) is 48.2 Å². The molecule has 1 unspecified atom stereocenters. The number of rotatable bonds is 5. The largest absolute Gasteiger partial charge is 0.486 e. The van der Waals surface area contributed by atoms with E-state index in [0.29, 0.717) is 6.61 Å². The van der Waals surface area contributed by atoms with Gasteiger partial charge in [-0.3, -0.25) is 0 Å². The summed E-state index contributed by atoms with van der Waals surface area (Å²) in [6.07, 6.45) is 4.56. The Morgan fingerprint density at radius 2 is 1.92 bits per heavy atom. The Morgan fingerprint density at radius 1 is 1.08 bits per heavy atom. The molecule has 0 bridgehead atoms. The predicted octanol–water partition coefficient (Wildman–Crippen LogP) is 2.61. The minimum atomic E-state index is 0.0386. The summed E-state index contributed by atoms with van der Waals surface area (Å²) < 4.78 is 11.7. The molecule has 5 heteroatoms. The molecule has 5 nitrogen and oxygen atoms in total. The molecular formula is C19H23N3O2. The second-order valence-corrected chi connectivity index (χ2v) is 6.35. The van der Waals surface area contributed by atoms with Crippen molar-refractivity contribution >= 4 is 5.82 Å². The number of hydrogen-bond acceptors (Lipinski definition) is 5. The summed E-state index contributed by atoms with van der Waals surface area (Å²) in [6, 6.07) is 12.1. The van der Waals surface area contributed by atoms with Crippen molar-refractivity contribution in [2.24, 2.45) is 0 Å². The second-order valence-electron chi connectivity index (χ2n) is 6.35. The Balaban J connectivity index is 1.25. The maximum absolute atomic E-state index is 5.95. The third kappa shape index (κ3) is 3.46. The number of nitrogens with zero attached hydrogens (tertiary/aromatic N) is 2. The molecule has 2 aromatic rings. The average molecular weight is 325 g/mol. The molecule has 1 N–H and O–H groups in total. The van der Waals surface area contributed by atoms with Gasteiger partial charge in [-0.1, -0.05) is 18.2 Å². The lowest BCUT2D eigenvalue weighted by Crippen LogP contribution is -2.38. The number of pyridine rings is 1. The SMILES string of the molecule is c1ccc2c(c1)OCC(CNCc1ccc(N3CCCC3)nc1)O2. The first-order chi connectivity index (χ1) is 11.9. The molecule has 2 aliphatic heterocycles. The van der Waals surface area contributed by atoms with Crippen LogP contribution in [0.5, 0.6) is 11.5 Å². The smallest absolute Gasteiger partial charge is 0.161 e. The summed E-state index contributed by atoms with van der Waals surface area (Å²) in [5.74, 6) is 2.75. The van der Waals surface area contributed by atoms with Gasteiger partial charge < -0.3 is 19.7 Å². The van der Waals surface area contributed by atoms with Gasteiger partial charge in [-0.2, -0.15) is 0 Å². The monoisotopic (exact) mass is 325 g/mol. The highest BCUT2D eigenvalue weighted by Crippen LogP contribution is 2.30. The van der Waals surface area contributed by atoms with E-state index in [-0.39, 0.29) is 6.10 Å². The van der Waals surface area contributed by atoms with E-state index < -0.39 is 0 Å². The number of nitrogens with one attached hydrogen (secondary N) is 1. The maximum Gasteiger partial charge on any atom is 0.161 e. The lowest BCUT2D eigenvalue weighted by atomic mass is 10.2. The molecule has 0 radical (unpaired) electrons. The molecule has 3 heterocycles. The van der Waals surface area contributed by atoms with Crippen LogP contribution in [-0.4, -0.2) is 37.3 Å². The lowest BCUT2D eigenvalue weighted by Gasteiger charge is -2.26. The summed E-state index contributed by atoms with van der Waals surface area (Å²) in [5, 5.41) is 3.43. The van der Waals surface area contributed by atoms with Crippen LogP contribution in [-0.2, 0) is 6.54 Å².